The van der Waals surface area contributed by atoms with E-state index in [4.69, 9.17) is 0 Å². The van der Waals surface area contributed by atoms with E-state index < -0.39 is 5.54 Å². The number of hydrogen-bond donors (Lipinski definition) is 1. The van der Waals surface area contributed by atoms with Crippen molar-refractivity contribution in [3.8, 4) is 0 Å². The first-order valence-corrected chi connectivity index (χ1v) is 8.01. The number of aromatic nitrogens is 3. The van der Waals surface area contributed by atoms with Crippen LogP contribution in [0.4, 0.5) is 0 Å². The summed E-state index contributed by atoms with van der Waals surface area (Å²) in [5.41, 5.74) is 0.528. The summed E-state index contributed by atoms with van der Waals surface area (Å²) >= 11 is 0. The lowest BCUT2D eigenvalue weighted by Gasteiger charge is -2.41. The molecule has 0 aliphatic carbocycles. The molecule has 1 aliphatic rings. The molecule has 3 rings (SSSR count). The highest BCUT2D eigenvalue weighted by Crippen LogP contribution is 2.29. The molecule has 1 aliphatic heterocycles. The number of likely N-dealkylation sites (N-methyl/N-ethyl adjacent to an activating group) is 1. The number of carbonyl (C=O) groups excluding carboxylic acids is 2. The first-order valence-electron chi connectivity index (χ1n) is 8.01. The van der Waals surface area contributed by atoms with Gasteiger partial charge in [0.25, 0.3) is 5.91 Å². The zero-order valence-electron chi connectivity index (χ0n) is 13.9. The Morgan fingerprint density at radius 2 is 2.17 bits per heavy atom. The van der Waals surface area contributed by atoms with Crippen LogP contribution < -0.4 is 5.32 Å². The van der Waals surface area contributed by atoms with E-state index in [0.29, 0.717) is 25.1 Å². The molecule has 3 heterocycles. The maximum absolute atomic E-state index is 12.8. The molecule has 7 heteroatoms. The zero-order chi connectivity index (χ0) is 17.2. The van der Waals surface area contributed by atoms with Crippen molar-refractivity contribution in [3.63, 3.8) is 0 Å². The van der Waals surface area contributed by atoms with Gasteiger partial charge in [0.2, 0.25) is 5.91 Å². The Morgan fingerprint density at radius 3 is 2.79 bits per heavy atom. The molecule has 1 saturated heterocycles. The third-order valence-electron chi connectivity index (χ3n) is 4.51. The van der Waals surface area contributed by atoms with Gasteiger partial charge in [0.05, 0.1) is 12.1 Å². The van der Waals surface area contributed by atoms with Gasteiger partial charge >= 0.3 is 0 Å². The van der Waals surface area contributed by atoms with Crippen LogP contribution in [0.2, 0.25) is 0 Å². The minimum Gasteiger partial charge on any atom is -0.357 e. The van der Waals surface area contributed by atoms with Crippen molar-refractivity contribution in [3.05, 3.63) is 48.0 Å². The van der Waals surface area contributed by atoms with Crippen LogP contribution in [0.5, 0.6) is 0 Å². The maximum Gasteiger partial charge on any atom is 0.255 e. The Kier molecular flexibility index (Phi) is 4.33. The lowest BCUT2D eigenvalue weighted by molar-refractivity contribution is -0.132. The molecule has 2 aromatic rings. The minimum absolute atomic E-state index is 0.109. The van der Waals surface area contributed by atoms with Gasteiger partial charge in [0.15, 0.2) is 5.54 Å². The van der Waals surface area contributed by atoms with Gasteiger partial charge in [-0.2, -0.15) is 5.10 Å². The van der Waals surface area contributed by atoms with E-state index in [1.807, 2.05) is 13.0 Å². The van der Waals surface area contributed by atoms with Crippen molar-refractivity contribution >= 4 is 11.8 Å². The van der Waals surface area contributed by atoms with Gasteiger partial charge in [-0.25, -0.2) is 0 Å². The van der Waals surface area contributed by atoms with Gasteiger partial charge in [-0.15, -0.1) is 0 Å². The molecule has 0 aromatic carbocycles. The Hall–Kier alpha value is -2.70. The summed E-state index contributed by atoms with van der Waals surface area (Å²) in [5, 5.41) is 6.99. The molecular formula is C17H21N5O2. The predicted molar refractivity (Wildman–Crippen MR) is 88.4 cm³/mol. The number of nitrogens with one attached hydrogen (secondary N) is 1. The van der Waals surface area contributed by atoms with Gasteiger partial charge in [0, 0.05) is 37.9 Å². The predicted octanol–water partition coefficient (Wildman–Crippen LogP) is 0.964. The SMILES string of the molecule is CNC(=O)C1(n2cccn2)CCCN(C(=O)c2ccc(C)nc2)C1. The third kappa shape index (κ3) is 2.77. The van der Waals surface area contributed by atoms with Gasteiger partial charge in [-0.1, -0.05) is 0 Å². The Morgan fingerprint density at radius 1 is 1.33 bits per heavy atom. The molecule has 1 atom stereocenters. The highest BCUT2D eigenvalue weighted by molar-refractivity contribution is 5.95. The first-order chi connectivity index (χ1) is 11.6. The molecule has 7 nitrogen and oxygen atoms in total. The van der Waals surface area contributed by atoms with Crippen LogP contribution in [-0.2, 0) is 10.3 Å². The molecule has 0 radical (unpaired) electrons. The van der Waals surface area contributed by atoms with Crippen LogP contribution >= 0.6 is 0 Å². The highest BCUT2D eigenvalue weighted by atomic mass is 16.2. The van der Waals surface area contributed by atoms with E-state index in [0.717, 1.165) is 12.1 Å². The molecule has 0 saturated carbocycles. The Bertz CT molecular complexity index is 726. The van der Waals surface area contributed by atoms with Gasteiger partial charge in [-0.3, -0.25) is 19.3 Å². The number of likely N-dealkylation sites (tertiary alicyclic amines) is 1. The highest BCUT2D eigenvalue weighted by Gasteiger charge is 2.45. The van der Waals surface area contributed by atoms with Crippen molar-refractivity contribution in [2.75, 3.05) is 20.1 Å². The van der Waals surface area contributed by atoms with Crippen LogP contribution in [-0.4, -0.2) is 51.6 Å². The summed E-state index contributed by atoms with van der Waals surface area (Å²) in [7, 11) is 1.61. The second-order valence-electron chi connectivity index (χ2n) is 6.08. The van der Waals surface area contributed by atoms with Gasteiger partial charge in [0.1, 0.15) is 0 Å². The number of amides is 2. The quantitative estimate of drug-likeness (QED) is 0.911. The third-order valence-corrected chi connectivity index (χ3v) is 4.51. The molecule has 0 spiro atoms. The van der Waals surface area contributed by atoms with E-state index in [1.54, 1.807) is 47.4 Å². The van der Waals surface area contributed by atoms with Crippen LogP contribution in [0.15, 0.2) is 36.8 Å². The van der Waals surface area contributed by atoms with E-state index in [1.165, 1.54) is 0 Å². The number of nitrogens with zero attached hydrogens (tertiary/aromatic N) is 4. The topological polar surface area (TPSA) is 80.1 Å². The second-order valence-corrected chi connectivity index (χ2v) is 6.08. The standard InChI is InChI=1S/C17H21N5O2/c1-13-5-6-14(11-19-13)15(23)21-9-3-7-17(12-21,16(24)18-2)22-10-4-8-20-22/h4-6,8,10-11H,3,7,9,12H2,1-2H3,(H,18,24). The van der Waals surface area contributed by atoms with Crippen molar-refractivity contribution in [1.29, 1.82) is 0 Å². The number of pyridine rings is 1. The van der Waals surface area contributed by atoms with E-state index >= 15 is 0 Å². The van der Waals surface area contributed by atoms with Crippen molar-refractivity contribution in [2.45, 2.75) is 25.3 Å². The summed E-state index contributed by atoms with van der Waals surface area (Å²) in [4.78, 5) is 31.3. The van der Waals surface area contributed by atoms with E-state index in [-0.39, 0.29) is 11.8 Å². The van der Waals surface area contributed by atoms with E-state index in [9.17, 15) is 9.59 Å². The van der Waals surface area contributed by atoms with Crippen LogP contribution in [0.25, 0.3) is 0 Å². The van der Waals surface area contributed by atoms with Crippen LogP contribution in [0.3, 0.4) is 0 Å². The van der Waals surface area contributed by atoms with E-state index in [2.05, 4.69) is 15.4 Å². The molecule has 2 aromatic heterocycles. The number of rotatable bonds is 3. The summed E-state index contributed by atoms with van der Waals surface area (Å²) in [6.07, 6.45) is 6.39. The zero-order valence-corrected chi connectivity index (χ0v) is 13.9. The van der Waals surface area contributed by atoms with Crippen molar-refractivity contribution < 1.29 is 9.59 Å². The van der Waals surface area contributed by atoms with Crippen LogP contribution in [0.1, 0.15) is 28.9 Å². The largest absolute Gasteiger partial charge is 0.357 e. The average Bonchev–Trinajstić information content (AvgIpc) is 3.16. The summed E-state index contributed by atoms with van der Waals surface area (Å²) in [5.74, 6) is -0.242. The molecule has 1 unspecified atom stereocenters. The summed E-state index contributed by atoms with van der Waals surface area (Å²) in [6, 6.07) is 5.38. The maximum atomic E-state index is 12.8. The molecule has 126 valence electrons. The fourth-order valence-corrected chi connectivity index (χ4v) is 3.22. The minimum atomic E-state index is -0.871. The molecular weight excluding hydrogens is 306 g/mol. The number of hydrogen-bond acceptors (Lipinski definition) is 4. The summed E-state index contributed by atoms with van der Waals surface area (Å²) < 4.78 is 1.67. The monoisotopic (exact) mass is 327 g/mol. The molecule has 1 fully saturated rings. The molecule has 1 N–H and O–H groups in total. The summed E-state index contributed by atoms with van der Waals surface area (Å²) in [6.45, 7) is 2.79. The molecule has 24 heavy (non-hydrogen) atoms. The molecule has 2 amide bonds. The normalized spacial score (nSPS) is 20.7. The number of carbonyl (C=O) groups is 2. The van der Waals surface area contributed by atoms with Gasteiger partial charge < -0.3 is 10.2 Å². The average molecular weight is 327 g/mol. The first kappa shape index (κ1) is 16.2. The second kappa shape index (κ2) is 6.43. The fraction of sp³-hybridized carbons (Fsp3) is 0.412. The Labute approximate surface area is 140 Å². The van der Waals surface area contributed by atoms with Crippen LogP contribution in [0, 0.1) is 6.92 Å². The lowest BCUT2D eigenvalue weighted by atomic mass is 9.87. The van der Waals surface area contributed by atoms with Crippen molar-refractivity contribution in [2.24, 2.45) is 0 Å². The fourth-order valence-electron chi connectivity index (χ4n) is 3.22. The number of piperidine rings is 1. The lowest BCUT2D eigenvalue weighted by Crippen LogP contribution is -2.59. The van der Waals surface area contributed by atoms with Crippen molar-refractivity contribution in [1.82, 2.24) is 25.0 Å². The molecule has 0 bridgehead atoms. The Balaban J connectivity index is 1.90. The number of aryl methyl sites for hydroxylation is 1. The smallest absolute Gasteiger partial charge is 0.255 e. The van der Waals surface area contributed by atoms with Gasteiger partial charge in [-0.05, 0) is 38.0 Å².